The molecule has 0 saturated heterocycles. The number of hydrogen-bond acceptors (Lipinski definition) is 4. The van der Waals surface area contributed by atoms with Crippen molar-refractivity contribution >= 4 is 38.2 Å². The highest BCUT2D eigenvalue weighted by atomic mass is 35.5. The van der Waals surface area contributed by atoms with Gasteiger partial charge in [-0.05, 0) is 36.4 Å². The van der Waals surface area contributed by atoms with E-state index in [0.717, 1.165) is 5.56 Å². The summed E-state index contributed by atoms with van der Waals surface area (Å²) in [6.07, 6.45) is 1.17. The fraction of sp³-hybridized carbons (Fsp3) is 0.0714. The molecule has 0 aliphatic carbocycles. The van der Waals surface area contributed by atoms with Crippen LogP contribution in [0.3, 0.4) is 0 Å². The van der Waals surface area contributed by atoms with E-state index >= 15 is 0 Å². The fourth-order valence-corrected chi connectivity index (χ4v) is 2.86. The van der Waals surface area contributed by atoms with Crippen molar-refractivity contribution in [2.45, 2.75) is 4.90 Å². The molecule has 108 valence electrons. The summed E-state index contributed by atoms with van der Waals surface area (Å²) in [5.74, 6) is 0.609. The molecule has 7 heteroatoms. The van der Waals surface area contributed by atoms with Gasteiger partial charge in [0.05, 0.1) is 26.6 Å². The van der Waals surface area contributed by atoms with Gasteiger partial charge in [0.25, 0.3) is 0 Å². The predicted molar refractivity (Wildman–Crippen MR) is 84.1 cm³/mol. The number of sulfone groups is 1. The zero-order chi connectivity index (χ0) is 15.2. The number of aromatic nitrogens is 2. The lowest BCUT2D eigenvalue weighted by Crippen LogP contribution is -1.96. The Morgan fingerprint density at radius 3 is 2.62 bits per heavy atom. The molecule has 5 nitrogen and oxygen atoms in total. The maximum atomic E-state index is 11.6. The Kier molecular flexibility index (Phi) is 3.15. The predicted octanol–water partition coefficient (Wildman–Crippen LogP) is 2.87. The molecule has 2 aromatic carbocycles. The Bertz CT molecular complexity index is 948. The Morgan fingerprint density at radius 1 is 1.19 bits per heavy atom. The van der Waals surface area contributed by atoms with Crippen molar-refractivity contribution in [2.24, 2.45) is 0 Å². The quantitative estimate of drug-likeness (QED) is 0.710. The minimum absolute atomic E-state index is 0.250. The SMILES string of the molecule is CS(=O)(=O)c1ccc2nc(-c3ccc(N)c(Cl)c3)[nH]c2c1. The number of fused-ring (bicyclic) bond motifs is 1. The van der Waals surface area contributed by atoms with Gasteiger partial charge in [-0.2, -0.15) is 0 Å². The van der Waals surface area contributed by atoms with Gasteiger partial charge in [0, 0.05) is 11.8 Å². The number of hydrogen-bond donors (Lipinski definition) is 2. The van der Waals surface area contributed by atoms with Crippen LogP contribution in [0.5, 0.6) is 0 Å². The van der Waals surface area contributed by atoms with Crippen LogP contribution in [0.4, 0.5) is 5.69 Å². The van der Waals surface area contributed by atoms with Crippen molar-refractivity contribution < 1.29 is 8.42 Å². The van der Waals surface area contributed by atoms with Crippen molar-refractivity contribution in [3.05, 3.63) is 41.4 Å². The Balaban J connectivity index is 2.14. The van der Waals surface area contributed by atoms with Crippen LogP contribution in [-0.4, -0.2) is 24.6 Å². The number of nitrogens with one attached hydrogen (secondary N) is 1. The maximum absolute atomic E-state index is 11.6. The van der Waals surface area contributed by atoms with E-state index < -0.39 is 9.84 Å². The number of halogens is 1. The van der Waals surface area contributed by atoms with E-state index in [1.165, 1.54) is 12.3 Å². The molecule has 0 spiro atoms. The molecule has 0 fully saturated rings. The van der Waals surface area contributed by atoms with E-state index in [0.29, 0.717) is 27.6 Å². The third kappa shape index (κ3) is 2.59. The molecule has 3 N–H and O–H groups in total. The first kappa shape index (κ1) is 13.9. The summed E-state index contributed by atoms with van der Waals surface area (Å²) in [4.78, 5) is 7.77. The lowest BCUT2D eigenvalue weighted by atomic mass is 10.2. The molecule has 0 radical (unpaired) electrons. The Labute approximate surface area is 126 Å². The van der Waals surface area contributed by atoms with E-state index in [9.17, 15) is 8.42 Å². The highest BCUT2D eigenvalue weighted by Gasteiger charge is 2.11. The molecule has 21 heavy (non-hydrogen) atoms. The van der Waals surface area contributed by atoms with Crippen LogP contribution in [0.2, 0.25) is 5.02 Å². The third-order valence-electron chi connectivity index (χ3n) is 3.16. The average molecular weight is 322 g/mol. The Morgan fingerprint density at radius 2 is 1.95 bits per heavy atom. The van der Waals surface area contributed by atoms with E-state index in [1.807, 2.05) is 0 Å². The van der Waals surface area contributed by atoms with E-state index in [-0.39, 0.29) is 4.90 Å². The Hall–Kier alpha value is -2.05. The zero-order valence-electron chi connectivity index (χ0n) is 11.1. The molecule has 1 heterocycles. The van der Waals surface area contributed by atoms with E-state index in [2.05, 4.69) is 9.97 Å². The third-order valence-corrected chi connectivity index (χ3v) is 4.59. The first-order chi connectivity index (χ1) is 9.84. The number of H-pyrrole nitrogens is 1. The van der Waals surface area contributed by atoms with E-state index in [4.69, 9.17) is 17.3 Å². The number of nitrogens with zero attached hydrogens (tertiary/aromatic N) is 1. The number of rotatable bonds is 2. The molecule has 3 rings (SSSR count). The van der Waals surface area contributed by atoms with Gasteiger partial charge in [0.2, 0.25) is 0 Å². The molecule has 0 bridgehead atoms. The maximum Gasteiger partial charge on any atom is 0.175 e. The molecular formula is C14H12ClN3O2S. The summed E-state index contributed by atoms with van der Waals surface area (Å²) in [5, 5.41) is 0.449. The first-order valence-electron chi connectivity index (χ1n) is 6.10. The van der Waals surface area contributed by atoms with Gasteiger partial charge in [-0.1, -0.05) is 11.6 Å². The summed E-state index contributed by atoms with van der Waals surface area (Å²) in [6.45, 7) is 0. The summed E-state index contributed by atoms with van der Waals surface area (Å²) in [6, 6.07) is 10.00. The monoisotopic (exact) mass is 321 g/mol. The van der Waals surface area contributed by atoms with Gasteiger partial charge in [0.15, 0.2) is 9.84 Å². The first-order valence-corrected chi connectivity index (χ1v) is 8.37. The summed E-state index contributed by atoms with van der Waals surface area (Å²) in [5.41, 5.74) is 8.30. The van der Waals surface area contributed by atoms with Crippen molar-refractivity contribution in [1.29, 1.82) is 0 Å². The van der Waals surface area contributed by atoms with Crippen LogP contribution in [0, 0.1) is 0 Å². The largest absolute Gasteiger partial charge is 0.398 e. The molecule has 0 aliphatic heterocycles. The lowest BCUT2D eigenvalue weighted by molar-refractivity contribution is 0.602. The second-order valence-electron chi connectivity index (χ2n) is 4.77. The average Bonchev–Trinajstić information content (AvgIpc) is 2.83. The molecule has 0 amide bonds. The van der Waals surface area contributed by atoms with Gasteiger partial charge in [-0.15, -0.1) is 0 Å². The standard InChI is InChI=1S/C14H12ClN3O2S/c1-21(19,20)9-3-5-12-13(7-9)18-14(17-12)8-2-4-11(16)10(15)6-8/h2-7H,16H2,1H3,(H,17,18). The molecule has 0 saturated carbocycles. The summed E-state index contributed by atoms with van der Waals surface area (Å²) >= 11 is 6.00. The molecule has 0 aliphatic rings. The van der Waals surface area contributed by atoms with Gasteiger partial charge in [0.1, 0.15) is 5.82 Å². The van der Waals surface area contributed by atoms with Gasteiger partial charge in [-0.25, -0.2) is 13.4 Å². The van der Waals surface area contributed by atoms with Crippen molar-refractivity contribution in [1.82, 2.24) is 9.97 Å². The number of nitrogens with two attached hydrogens (primary N) is 1. The summed E-state index contributed by atoms with van der Waals surface area (Å²) in [7, 11) is -3.25. The number of aromatic amines is 1. The molecule has 3 aromatic rings. The van der Waals surface area contributed by atoms with Gasteiger partial charge in [-0.3, -0.25) is 0 Å². The second kappa shape index (κ2) is 4.75. The van der Waals surface area contributed by atoms with Crippen LogP contribution >= 0.6 is 11.6 Å². The molecule has 1 aromatic heterocycles. The van der Waals surface area contributed by atoms with Crippen LogP contribution in [0.15, 0.2) is 41.3 Å². The van der Waals surface area contributed by atoms with Crippen molar-refractivity contribution in [3.63, 3.8) is 0 Å². The lowest BCUT2D eigenvalue weighted by Gasteiger charge is -2.00. The normalized spacial score (nSPS) is 11.9. The summed E-state index contributed by atoms with van der Waals surface area (Å²) < 4.78 is 23.1. The zero-order valence-corrected chi connectivity index (χ0v) is 12.7. The minimum Gasteiger partial charge on any atom is -0.398 e. The van der Waals surface area contributed by atoms with Crippen LogP contribution in [0.25, 0.3) is 22.4 Å². The van der Waals surface area contributed by atoms with Crippen molar-refractivity contribution in [2.75, 3.05) is 12.0 Å². The molecular weight excluding hydrogens is 310 g/mol. The van der Waals surface area contributed by atoms with Crippen LogP contribution in [-0.2, 0) is 9.84 Å². The minimum atomic E-state index is -3.25. The van der Waals surface area contributed by atoms with Crippen molar-refractivity contribution in [3.8, 4) is 11.4 Å². The second-order valence-corrected chi connectivity index (χ2v) is 7.20. The van der Waals surface area contributed by atoms with Crippen LogP contribution in [0.1, 0.15) is 0 Å². The van der Waals surface area contributed by atoms with Crippen LogP contribution < -0.4 is 5.73 Å². The van der Waals surface area contributed by atoms with E-state index in [1.54, 1.807) is 30.3 Å². The molecule has 0 unspecified atom stereocenters. The molecule has 0 atom stereocenters. The number of benzene rings is 2. The number of nitrogen functional groups attached to an aromatic ring is 1. The number of imidazole rings is 1. The fourth-order valence-electron chi connectivity index (χ4n) is 2.03. The van der Waals surface area contributed by atoms with Gasteiger partial charge < -0.3 is 10.7 Å². The number of anilines is 1. The highest BCUT2D eigenvalue weighted by Crippen LogP contribution is 2.27. The smallest absolute Gasteiger partial charge is 0.175 e. The van der Waals surface area contributed by atoms with Gasteiger partial charge >= 0.3 is 0 Å². The topological polar surface area (TPSA) is 88.8 Å². The highest BCUT2D eigenvalue weighted by molar-refractivity contribution is 7.90.